The molecule has 1 aromatic rings. The predicted octanol–water partition coefficient (Wildman–Crippen LogP) is 1.26. The number of nitrogens with one attached hydrogen (secondary N) is 2. The molecule has 2 heterocycles. The molecule has 7 heteroatoms. The van der Waals surface area contributed by atoms with Gasteiger partial charge in [-0.25, -0.2) is 8.42 Å². The molecule has 0 aromatic carbocycles. The number of piperidine rings is 1. The van der Waals surface area contributed by atoms with Gasteiger partial charge in [0.2, 0.25) is 10.0 Å². The van der Waals surface area contributed by atoms with Gasteiger partial charge in [-0.05, 0) is 32.7 Å². The minimum Gasteiger partial charge on any atom is -0.315 e. The average molecular weight is 300 g/mol. The largest absolute Gasteiger partial charge is 0.315 e. The van der Waals surface area contributed by atoms with Crippen molar-refractivity contribution in [1.29, 1.82) is 0 Å². The molecule has 2 rings (SSSR count). The van der Waals surface area contributed by atoms with E-state index in [1.54, 1.807) is 11.2 Å². The Balaban J connectivity index is 2.17. The van der Waals surface area contributed by atoms with Gasteiger partial charge >= 0.3 is 0 Å². The van der Waals surface area contributed by atoms with Crippen LogP contribution in [-0.4, -0.2) is 48.6 Å². The molecule has 6 nitrogen and oxygen atoms in total. The SMILES string of the molecule is CCCNCC1CCCCN1S(=O)(=O)c1cn[nH]c1C. The van der Waals surface area contributed by atoms with Crippen LogP contribution in [0.3, 0.4) is 0 Å². The molecule has 2 N–H and O–H groups in total. The first-order valence-electron chi connectivity index (χ1n) is 7.30. The van der Waals surface area contributed by atoms with E-state index < -0.39 is 10.0 Å². The van der Waals surface area contributed by atoms with Gasteiger partial charge in [0.15, 0.2) is 0 Å². The molecule has 0 bridgehead atoms. The third-order valence-electron chi connectivity index (χ3n) is 3.75. The first-order chi connectivity index (χ1) is 9.57. The second-order valence-electron chi connectivity index (χ2n) is 5.33. The van der Waals surface area contributed by atoms with E-state index in [-0.39, 0.29) is 6.04 Å². The third-order valence-corrected chi connectivity index (χ3v) is 5.82. The van der Waals surface area contributed by atoms with E-state index in [0.29, 0.717) is 17.1 Å². The average Bonchev–Trinajstić information content (AvgIpc) is 2.86. The van der Waals surface area contributed by atoms with Gasteiger partial charge < -0.3 is 5.32 Å². The Morgan fingerprint density at radius 3 is 2.95 bits per heavy atom. The lowest BCUT2D eigenvalue weighted by Gasteiger charge is -2.34. The number of hydrogen-bond acceptors (Lipinski definition) is 4. The van der Waals surface area contributed by atoms with E-state index in [9.17, 15) is 8.42 Å². The summed E-state index contributed by atoms with van der Waals surface area (Å²) in [4.78, 5) is 0.305. The van der Waals surface area contributed by atoms with Crippen LogP contribution in [0.4, 0.5) is 0 Å². The second-order valence-corrected chi connectivity index (χ2v) is 7.19. The van der Waals surface area contributed by atoms with E-state index in [1.165, 1.54) is 6.20 Å². The highest BCUT2D eigenvalue weighted by atomic mass is 32.2. The minimum atomic E-state index is -3.44. The summed E-state index contributed by atoms with van der Waals surface area (Å²) < 4.78 is 27.2. The van der Waals surface area contributed by atoms with E-state index in [2.05, 4.69) is 22.4 Å². The predicted molar refractivity (Wildman–Crippen MR) is 78.0 cm³/mol. The van der Waals surface area contributed by atoms with Gasteiger partial charge in [-0.1, -0.05) is 13.3 Å². The van der Waals surface area contributed by atoms with Crippen molar-refractivity contribution in [3.8, 4) is 0 Å². The monoisotopic (exact) mass is 300 g/mol. The fourth-order valence-corrected chi connectivity index (χ4v) is 4.48. The van der Waals surface area contributed by atoms with E-state index in [0.717, 1.165) is 38.8 Å². The van der Waals surface area contributed by atoms with Crippen molar-refractivity contribution in [2.75, 3.05) is 19.6 Å². The Morgan fingerprint density at radius 2 is 2.30 bits per heavy atom. The van der Waals surface area contributed by atoms with Crippen LogP contribution >= 0.6 is 0 Å². The lowest BCUT2D eigenvalue weighted by Crippen LogP contribution is -2.48. The van der Waals surface area contributed by atoms with Gasteiger partial charge in [-0.3, -0.25) is 5.10 Å². The Hall–Kier alpha value is -0.920. The van der Waals surface area contributed by atoms with Gasteiger partial charge in [0.05, 0.1) is 11.9 Å². The fraction of sp³-hybridized carbons (Fsp3) is 0.769. The topological polar surface area (TPSA) is 78.1 Å². The van der Waals surface area contributed by atoms with Gasteiger partial charge in [-0.15, -0.1) is 0 Å². The number of aryl methyl sites for hydroxylation is 1. The van der Waals surface area contributed by atoms with Gasteiger partial charge in [0.1, 0.15) is 4.90 Å². The Morgan fingerprint density at radius 1 is 1.50 bits per heavy atom. The van der Waals surface area contributed by atoms with E-state index in [4.69, 9.17) is 0 Å². The lowest BCUT2D eigenvalue weighted by atomic mass is 10.1. The molecule has 0 aliphatic carbocycles. The highest BCUT2D eigenvalue weighted by Gasteiger charge is 2.34. The summed E-state index contributed by atoms with van der Waals surface area (Å²) >= 11 is 0. The Labute approximate surface area is 121 Å². The first-order valence-corrected chi connectivity index (χ1v) is 8.74. The maximum atomic E-state index is 12.8. The number of sulfonamides is 1. The number of hydrogen-bond donors (Lipinski definition) is 2. The van der Waals surface area contributed by atoms with Crippen molar-refractivity contribution >= 4 is 10.0 Å². The molecule has 1 unspecified atom stereocenters. The number of nitrogens with zero attached hydrogens (tertiary/aromatic N) is 2. The van der Waals surface area contributed by atoms with Crippen LogP contribution in [0, 0.1) is 6.92 Å². The summed E-state index contributed by atoms with van der Waals surface area (Å²) in [6.45, 7) is 6.11. The first kappa shape index (κ1) is 15.5. The molecular weight excluding hydrogens is 276 g/mol. The maximum absolute atomic E-state index is 12.8. The molecule has 1 saturated heterocycles. The molecule has 1 aromatic heterocycles. The van der Waals surface area contributed by atoms with Crippen molar-refractivity contribution < 1.29 is 8.42 Å². The van der Waals surface area contributed by atoms with Gasteiger partial charge in [0, 0.05) is 19.1 Å². The smallest absolute Gasteiger partial charge is 0.246 e. The molecule has 0 amide bonds. The zero-order chi connectivity index (χ0) is 14.6. The van der Waals surface area contributed by atoms with Crippen molar-refractivity contribution in [3.63, 3.8) is 0 Å². The van der Waals surface area contributed by atoms with Crippen molar-refractivity contribution in [1.82, 2.24) is 19.8 Å². The van der Waals surface area contributed by atoms with Gasteiger partial charge in [-0.2, -0.15) is 9.40 Å². The molecule has 1 aliphatic heterocycles. The zero-order valence-electron chi connectivity index (χ0n) is 12.2. The molecule has 0 spiro atoms. The summed E-state index contributed by atoms with van der Waals surface area (Å²) in [5.74, 6) is 0. The second kappa shape index (κ2) is 6.69. The lowest BCUT2D eigenvalue weighted by molar-refractivity contribution is 0.246. The quantitative estimate of drug-likeness (QED) is 0.775. The number of rotatable bonds is 6. The molecule has 0 radical (unpaired) electrons. The van der Waals surface area contributed by atoms with Crippen LogP contribution < -0.4 is 5.32 Å². The standard InChI is InChI=1S/C13H24N4O2S/c1-3-7-14-9-12-6-4-5-8-17(12)20(18,19)13-10-15-16-11(13)2/h10,12,14H,3-9H2,1-2H3,(H,15,16). The Kier molecular flexibility index (Phi) is 5.17. The van der Waals surface area contributed by atoms with E-state index in [1.807, 2.05) is 0 Å². The highest BCUT2D eigenvalue weighted by Crippen LogP contribution is 2.25. The fourth-order valence-electron chi connectivity index (χ4n) is 2.67. The van der Waals surface area contributed by atoms with Crippen molar-refractivity contribution in [2.24, 2.45) is 0 Å². The summed E-state index contributed by atoms with van der Waals surface area (Å²) in [5.41, 5.74) is 0.607. The summed E-state index contributed by atoms with van der Waals surface area (Å²) in [7, 11) is -3.44. The normalized spacial score (nSPS) is 21.2. The van der Waals surface area contributed by atoms with Crippen LogP contribution in [0.1, 0.15) is 38.3 Å². The molecule has 0 saturated carbocycles. The maximum Gasteiger partial charge on any atom is 0.246 e. The molecular formula is C13H24N4O2S. The number of H-pyrrole nitrogens is 1. The van der Waals surface area contributed by atoms with Crippen LogP contribution in [0.25, 0.3) is 0 Å². The molecule has 1 aliphatic rings. The summed E-state index contributed by atoms with van der Waals surface area (Å²) in [6.07, 6.45) is 5.41. The van der Waals surface area contributed by atoms with Gasteiger partial charge in [0.25, 0.3) is 0 Å². The number of aromatic nitrogens is 2. The van der Waals surface area contributed by atoms with Crippen molar-refractivity contribution in [3.05, 3.63) is 11.9 Å². The van der Waals surface area contributed by atoms with E-state index >= 15 is 0 Å². The highest BCUT2D eigenvalue weighted by molar-refractivity contribution is 7.89. The summed E-state index contributed by atoms with van der Waals surface area (Å²) in [5, 5.41) is 9.88. The Bertz CT molecular complexity index is 526. The molecule has 1 atom stereocenters. The van der Waals surface area contributed by atoms with Crippen LogP contribution in [0.2, 0.25) is 0 Å². The third kappa shape index (κ3) is 3.21. The number of aromatic amines is 1. The molecule has 20 heavy (non-hydrogen) atoms. The van der Waals surface area contributed by atoms with Crippen LogP contribution in [-0.2, 0) is 10.0 Å². The minimum absolute atomic E-state index is 0.0506. The van der Waals surface area contributed by atoms with Crippen LogP contribution in [0.15, 0.2) is 11.1 Å². The summed E-state index contributed by atoms with van der Waals surface area (Å²) in [6, 6.07) is 0.0506. The van der Waals surface area contributed by atoms with Crippen molar-refractivity contribution in [2.45, 2.75) is 50.5 Å². The molecule has 114 valence electrons. The zero-order valence-corrected chi connectivity index (χ0v) is 13.0. The van der Waals surface area contributed by atoms with Crippen LogP contribution in [0.5, 0.6) is 0 Å². The molecule has 1 fully saturated rings.